The molecular formula is C25H31NO2. The molecule has 0 spiro atoms. The summed E-state index contributed by atoms with van der Waals surface area (Å²) in [6, 6.07) is 7.70. The number of para-hydroxylation sites is 1. The van der Waals surface area contributed by atoms with Crippen LogP contribution in [0.2, 0.25) is 0 Å². The minimum atomic E-state index is -0.399. The number of aromatic nitrogens is 1. The summed E-state index contributed by atoms with van der Waals surface area (Å²) in [6.45, 7) is 10.4. The second-order valence-electron chi connectivity index (χ2n) is 8.30. The second kappa shape index (κ2) is 8.22. The highest BCUT2D eigenvalue weighted by molar-refractivity contribution is 5.89. The van der Waals surface area contributed by atoms with Gasteiger partial charge in [-0.05, 0) is 65.5 Å². The Hall–Kier alpha value is -2.55. The fourth-order valence-corrected chi connectivity index (χ4v) is 3.72. The molecule has 3 nitrogen and oxygen atoms in total. The van der Waals surface area contributed by atoms with E-state index < -0.39 is 5.60 Å². The fourth-order valence-electron chi connectivity index (χ4n) is 3.72. The largest absolute Gasteiger partial charge is 0.618 e. The Bertz CT molecular complexity index is 964. The molecule has 3 rings (SSSR count). The molecule has 2 heterocycles. The lowest BCUT2D eigenvalue weighted by Crippen LogP contribution is -2.37. The van der Waals surface area contributed by atoms with Gasteiger partial charge in [0.05, 0.1) is 5.39 Å². The number of nitrogens with zero attached hydrogens (tertiary/aromatic N) is 1. The number of hydrogen-bond donors (Lipinski definition) is 0. The van der Waals surface area contributed by atoms with Crippen LogP contribution in [-0.4, -0.2) is 5.60 Å². The number of rotatable bonds is 6. The number of fused-ring (bicyclic) bond motifs is 3. The number of hydrogen-bond acceptors (Lipinski definition) is 2. The zero-order valence-electron chi connectivity index (χ0n) is 17.7. The van der Waals surface area contributed by atoms with E-state index in [0.29, 0.717) is 17.0 Å². The highest BCUT2D eigenvalue weighted by atomic mass is 16.5. The molecule has 3 heteroatoms. The van der Waals surface area contributed by atoms with Crippen molar-refractivity contribution in [2.45, 2.75) is 65.9 Å². The van der Waals surface area contributed by atoms with E-state index in [4.69, 9.17) is 4.74 Å². The SMILES string of the molecule is CC(C)=CCC/C(C)=C/CCC1(C)C=Cc2c(c(C)[n+]([O-])c3ccccc23)O1. The van der Waals surface area contributed by atoms with E-state index in [1.165, 1.54) is 11.1 Å². The van der Waals surface area contributed by atoms with Gasteiger partial charge in [0, 0.05) is 18.6 Å². The summed E-state index contributed by atoms with van der Waals surface area (Å²) in [5, 5.41) is 13.6. The van der Waals surface area contributed by atoms with E-state index in [1.54, 1.807) is 0 Å². The fraction of sp³-hybridized carbons (Fsp3) is 0.400. The summed E-state index contributed by atoms with van der Waals surface area (Å²) in [6.07, 6.45) is 12.9. The molecule has 1 aliphatic rings. The zero-order chi connectivity index (χ0) is 20.3. The van der Waals surface area contributed by atoms with Gasteiger partial charge in [-0.15, -0.1) is 0 Å². The van der Waals surface area contributed by atoms with E-state index in [1.807, 2.05) is 31.2 Å². The third kappa shape index (κ3) is 4.30. The summed E-state index contributed by atoms with van der Waals surface area (Å²) in [5.41, 5.74) is 4.71. The Balaban J connectivity index is 1.76. The van der Waals surface area contributed by atoms with Crippen LogP contribution < -0.4 is 9.47 Å². The molecule has 0 saturated heterocycles. The maximum atomic E-state index is 12.7. The highest BCUT2D eigenvalue weighted by Gasteiger charge is 2.32. The van der Waals surface area contributed by atoms with Crippen LogP contribution in [0.4, 0.5) is 0 Å². The van der Waals surface area contributed by atoms with Crippen molar-refractivity contribution in [1.82, 2.24) is 0 Å². The molecule has 0 fully saturated rings. The molecule has 1 unspecified atom stereocenters. The van der Waals surface area contributed by atoms with Crippen LogP contribution in [0.3, 0.4) is 0 Å². The van der Waals surface area contributed by atoms with Gasteiger partial charge in [-0.1, -0.05) is 41.5 Å². The molecule has 2 aromatic rings. The van der Waals surface area contributed by atoms with Crippen molar-refractivity contribution >= 4 is 17.0 Å². The van der Waals surface area contributed by atoms with E-state index in [2.05, 4.69) is 52.0 Å². The molecule has 0 saturated carbocycles. The standard InChI is InChI=1S/C25H31NO2/c1-18(2)10-8-11-19(3)12-9-16-25(5)17-15-22-21-13-6-7-14-23(21)26(27)20(4)24(22)28-25/h6-7,10,12-15,17H,8-9,11,16H2,1-5H3/b19-12+. The summed E-state index contributed by atoms with van der Waals surface area (Å²) in [5.74, 6) is 0.711. The molecule has 0 N–H and O–H groups in total. The minimum Gasteiger partial charge on any atom is -0.618 e. The first-order chi connectivity index (χ1) is 13.3. The number of pyridine rings is 1. The zero-order valence-corrected chi connectivity index (χ0v) is 17.7. The van der Waals surface area contributed by atoms with Gasteiger partial charge in [-0.3, -0.25) is 0 Å². The van der Waals surface area contributed by atoms with Gasteiger partial charge in [0.15, 0.2) is 5.75 Å². The van der Waals surface area contributed by atoms with Crippen molar-refractivity contribution in [2.75, 3.05) is 0 Å². The third-order valence-corrected chi connectivity index (χ3v) is 5.45. The van der Waals surface area contributed by atoms with Gasteiger partial charge >= 0.3 is 0 Å². The van der Waals surface area contributed by atoms with Crippen molar-refractivity contribution < 1.29 is 9.47 Å². The summed E-state index contributed by atoms with van der Waals surface area (Å²) in [4.78, 5) is 0. The number of ether oxygens (including phenoxy) is 1. The number of benzene rings is 1. The number of allylic oxidation sites excluding steroid dienone is 4. The van der Waals surface area contributed by atoms with Gasteiger partial charge in [0.1, 0.15) is 5.60 Å². The van der Waals surface area contributed by atoms with Gasteiger partial charge in [-0.2, -0.15) is 4.73 Å². The van der Waals surface area contributed by atoms with E-state index >= 15 is 0 Å². The van der Waals surface area contributed by atoms with Gasteiger partial charge in [-0.25, -0.2) is 0 Å². The Kier molecular flexibility index (Phi) is 5.93. The molecule has 0 amide bonds. The topological polar surface area (TPSA) is 36.2 Å². The highest BCUT2D eigenvalue weighted by Crippen LogP contribution is 2.38. The predicted octanol–water partition coefficient (Wildman–Crippen LogP) is 6.42. The first kappa shape index (κ1) is 20.2. The van der Waals surface area contributed by atoms with Crippen LogP contribution in [0, 0.1) is 12.1 Å². The van der Waals surface area contributed by atoms with Crippen molar-refractivity contribution in [3.63, 3.8) is 0 Å². The van der Waals surface area contributed by atoms with Crippen molar-refractivity contribution in [3.8, 4) is 5.75 Å². The normalized spacial score (nSPS) is 18.7. The molecule has 0 bridgehead atoms. The van der Waals surface area contributed by atoms with E-state index in [0.717, 1.165) is 41.4 Å². The smallest absolute Gasteiger partial charge is 0.232 e. The van der Waals surface area contributed by atoms with Gasteiger partial charge in [0.25, 0.3) is 0 Å². The van der Waals surface area contributed by atoms with Crippen LogP contribution in [0.25, 0.3) is 17.0 Å². The summed E-state index contributed by atoms with van der Waals surface area (Å²) in [7, 11) is 0. The lowest BCUT2D eigenvalue weighted by molar-refractivity contribution is -0.584. The minimum absolute atomic E-state index is 0.399. The van der Waals surface area contributed by atoms with Crippen molar-refractivity contribution in [1.29, 1.82) is 0 Å². The molecule has 1 aliphatic heterocycles. The molecule has 28 heavy (non-hydrogen) atoms. The Morgan fingerprint density at radius 2 is 1.89 bits per heavy atom. The lowest BCUT2D eigenvalue weighted by Gasteiger charge is -2.32. The third-order valence-electron chi connectivity index (χ3n) is 5.45. The van der Waals surface area contributed by atoms with Crippen LogP contribution in [-0.2, 0) is 0 Å². The average Bonchev–Trinajstić information content (AvgIpc) is 2.65. The van der Waals surface area contributed by atoms with Crippen molar-refractivity contribution in [2.24, 2.45) is 0 Å². The lowest BCUT2D eigenvalue weighted by atomic mass is 9.93. The quantitative estimate of drug-likeness (QED) is 0.331. The van der Waals surface area contributed by atoms with Crippen LogP contribution >= 0.6 is 0 Å². The average molecular weight is 378 g/mol. The molecule has 1 aromatic carbocycles. The molecule has 0 aliphatic carbocycles. The summed E-state index contributed by atoms with van der Waals surface area (Å²) >= 11 is 0. The van der Waals surface area contributed by atoms with Crippen LogP contribution in [0.1, 0.15) is 64.6 Å². The molecule has 1 atom stereocenters. The Morgan fingerprint density at radius 3 is 2.64 bits per heavy atom. The molecule has 1 aromatic heterocycles. The van der Waals surface area contributed by atoms with E-state index in [-0.39, 0.29) is 0 Å². The monoisotopic (exact) mass is 377 g/mol. The molecule has 148 valence electrons. The van der Waals surface area contributed by atoms with Crippen LogP contribution in [0.15, 0.2) is 53.6 Å². The maximum Gasteiger partial charge on any atom is 0.232 e. The Morgan fingerprint density at radius 1 is 1.14 bits per heavy atom. The first-order valence-corrected chi connectivity index (χ1v) is 10.1. The van der Waals surface area contributed by atoms with E-state index in [9.17, 15) is 5.21 Å². The Labute approximate surface area is 168 Å². The second-order valence-corrected chi connectivity index (χ2v) is 8.30. The summed E-state index contributed by atoms with van der Waals surface area (Å²) < 4.78 is 7.37. The first-order valence-electron chi connectivity index (χ1n) is 10.1. The molecule has 0 radical (unpaired) electrons. The van der Waals surface area contributed by atoms with Crippen molar-refractivity contribution in [3.05, 3.63) is 70.1 Å². The maximum absolute atomic E-state index is 12.7. The molecular weight excluding hydrogens is 346 g/mol. The van der Waals surface area contributed by atoms with Gasteiger partial charge < -0.3 is 9.94 Å². The predicted molar refractivity (Wildman–Crippen MR) is 117 cm³/mol. The van der Waals surface area contributed by atoms with Crippen LogP contribution in [0.5, 0.6) is 5.75 Å². The van der Waals surface area contributed by atoms with Gasteiger partial charge in [0.2, 0.25) is 11.2 Å².